The minimum Gasteiger partial charge on any atom is -0.213 e. The second-order valence-electron chi connectivity index (χ2n) is 2.34. The predicted octanol–water partition coefficient (Wildman–Crippen LogP) is -0.495. The standard InChI is InChI=1S/C4H10NO2PS/c1-9(6,7)5-2-4(8)3-5/h4H,2-3,8H2,1H3. The first-order chi connectivity index (χ1) is 4.00. The van der Waals surface area contributed by atoms with Gasteiger partial charge in [0.05, 0.1) is 6.26 Å². The molecule has 0 aromatic carbocycles. The number of hydrogen-bond acceptors (Lipinski definition) is 2. The number of hydrogen-bond donors (Lipinski definition) is 0. The summed E-state index contributed by atoms with van der Waals surface area (Å²) in [5.74, 6) is 0. The van der Waals surface area contributed by atoms with E-state index in [0.717, 1.165) is 0 Å². The second kappa shape index (κ2) is 2.19. The normalized spacial score (nSPS) is 23.8. The molecule has 0 radical (unpaired) electrons. The van der Waals surface area contributed by atoms with Gasteiger partial charge >= 0.3 is 0 Å². The summed E-state index contributed by atoms with van der Waals surface area (Å²) in [6.45, 7) is 1.34. The topological polar surface area (TPSA) is 37.4 Å². The van der Waals surface area contributed by atoms with Crippen LogP contribution in [0, 0.1) is 0 Å². The molecule has 0 amide bonds. The fourth-order valence-corrected chi connectivity index (χ4v) is 2.48. The van der Waals surface area contributed by atoms with Crippen molar-refractivity contribution >= 4 is 19.3 Å². The average molecular weight is 167 g/mol. The Morgan fingerprint density at radius 1 is 1.56 bits per heavy atom. The van der Waals surface area contributed by atoms with Crippen molar-refractivity contribution in [2.75, 3.05) is 19.3 Å². The SMILES string of the molecule is CS(=O)(=O)N1CC(P)C1. The van der Waals surface area contributed by atoms with Gasteiger partial charge in [-0.2, -0.15) is 0 Å². The van der Waals surface area contributed by atoms with Crippen LogP contribution in [0.4, 0.5) is 0 Å². The largest absolute Gasteiger partial charge is 0.213 e. The average Bonchev–Trinajstić information content (AvgIpc) is 1.55. The first-order valence-corrected chi connectivity index (χ1v) is 5.22. The van der Waals surface area contributed by atoms with Crippen molar-refractivity contribution < 1.29 is 8.42 Å². The van der Waals surface area contributed by atoms with E-state index in [0.29, 0.717) is 18.7 Å². The Balaban J connectivity index is 2.51. The van der Waals surface area contributed by atoms with E-state index in [2.05, 4.69) is 9.24 Å². The molecule has 1 saturated heterocycles. The molecule has 1 unspecified atom stereocenters. The summed E-state index contributed by atoms with van der Waals surface area (Å²) in [5.41, 5.74) is 0.472. The van der Waals surface area contributed by atoms with Crippen molar-refractivity contribution in [3.05, 3.63) is 0 Å². The third-order valence-electron chi connectivity index (χ3n) is 1.35. The van der Waals surface area contributed by atoms with E-state index < -0.39 is 10.0 Å². The first-order valence-electron chi connectivity index (χ1n) is 2.71. The third-order valence-corrected chi connectivity index (χ3v) is 3.00. The fourth-order valence-electron chi connectivity index (χ4n) is 0.740. The molecule has 1 heterocycles. The molecule has 3 nitrogen and oxygen atoms in total. The van der Waals surface area contributed by atoms with Gasteiger partial charge in [-0.3, -0.25) is 0 Å². The van der Waals surface area contributed by atoms with E-state index in [-0.39, 0.29) is 0 Å². The van der Waals surface area contributed by atoms with Crippen LogP contribution < -0.4 is 0 Å². The molecule has 1 fully saturated rings. The van der Waals surface area contributed by atoms with Crippen molar-refractivity contribution in [1.82, 2.24) is 4.31 Å². The van der Waals surface area contributed by atoms with Gasteiger partial charge in [0.1, 0.15) is 0 Å². The minimum atomic E-state index is -2.88. The van der Waals surface area contributed by atoms with Crippen molar-refractivity contribution in [3.63, 3.8) is 0 Å². The van der Waals surface area contributed by atoms with E-state index in [1.54, 1.807) is 0 Å². The molecular weight excluding hydrogens is 157 g/mol. The van der Waals surface area contributed by atoms with Crippen LogP contribution in [0.2, 0.25) is 0 Å². The maximum atomic E-state index is 10.7. The maximum absolute atomic E-state index is 10.7. The highest BCUT2D eigenvalue weighted by molar-refractivity contribution is 7.88. The van der Waals surface area contributed by atoms with Crippen LogP contribution in [-0.2, 0) is 10.0 Å². The Morgan fingerprint density at radius 2 is 2.00 bits per heavy atom. The summed E-state index contributed by atoms with van der Waals surface area (Å²) in [6.07, 6.45) is 1.24. The lowest BCUT2D eigenvalue weighted by molar-refractivity contribution is 0.322. The molecule has 0 aromatic rings. The van der Waals surface area contributed by atoms with Gasteiger partial charge < -0.3 is 0 Å². The molecule has 5 heteroatoms. The molecule has 0 spiro atoms. The molecule has 0 N–H and O–H groups in total. The molecule has 1 atom stereocenters. The van der Waals surface area contributed by atoms with Gasteiger partial charge in [-0.1, -0.05) is 0 Å². The monoisotopic (exact) mass is 167 g/mol. The van der Waals surface area contributed by atoms with Gasteiger partial charge in [-0.15, -0.1) is 9.24 Å². The van der Waals surface area contributed by atoms with Crippen molar-refractivity contribution in [2.45, 2.75) is 5.66 Å². The predicted molar refractivity (Wildman–Crippen MR) is 39.9 cm³/mol. The lowest BCUT2D eigenvalue weighted by Gasteiger charge is -2.34. The molecule has 0 aromatic heterocycles. The van der Waals surface area contributed by atoms with E-state index in [1.165, 1.54) is 10.6 Å². The van der Waals surface area contributed by atoms with E-state index in [4.69, 9.17) is 0 Å². The molecule has 54 valence electrons. The van der Waals surface area contributed by atoms with Crippen molar-refractivity contribution in [3.8, 4) is 0 Å². The van der Waals surface area contributed by atoms with Crippen LogP contribution in [0.3, 0.4) is 0 Å². The van der Waals surface area contributed by atoms with Gasteiger partial charge in [0, 0.05) is 18.7 Å². The van der Waals surface area contributed by atoms with Crippen molar-refractivity contribution in [1.29, 1.82) is 0 Å². The van der Waals surface area contributed by atoms with Gasteiger partial charge in [0.15, 0.2) is 0 Å². The quantitative estimate of drug-likeness (QED) is 0.494. The van der Waals surface area contributed by atoms with E-state index >= 15 is 0 Å². The summed E-state index contributed by atoms with van der Waals surface area (Å²) in [7, 11) is -0.283. The zero-order valence-electron chi connectivity index (χ0n) is 5.24. The fraction of sp³-hybridized carbons (Fsp3) is 1.00. The third kappa shape index (κ3) is 1.63. The number of sulfonamides is 1. The van der Waals surface area contributed by atoms with Crippen molar-refractivity contribution in [2.24, 2.45) is 0 Å². The van der Waals surface area contributed by atoms with Gasteiger partial charge in [0.25, 0.3) is 0 Å². The van der Waals surface area contributed by atoms with Crippen LogP contribution in [-0.4, -0.2) is 37.7 Å². The summed E-state index contributed by atoms with van der Waals surface area (Å²) >= 11 is 0. The lowest BCUT2D eigenvalue weighted by Crippen LogP contribution is -2.50. The van der Waals surface area contributed by atoms with Crippen LogP contribution in [0.1, 0.15) is 0 Å². The summed E-state index contributed by atoms with van der Waals surface area (Å²) < 4.78 is 22.8. The summed E-state index contributed by atoms with van der Waals surface area (Å²) in [5, 5.41) is 0. The highest BCUT2D eigenvalue weighted by Crippen LogP contribution is 2.18. The van der Waals surface area contributed by atoms with Crippen LogP contribution >= 0.6 is 9.24 Å². The molecule has 1 aliphatic heterocycles. The first kappa shape index (κ1) is 7.45. The van der Waals surface area contributed by atoms with Gasteiger partial charge in [-0.05, 0) is 0 Å². The zero-order valence-corrected chi connectivity index (χ0v) is 7.21. The molecule has 9 heavy (non-hydrogen) atoms. The Morgan fingerprint density at radius 3 is 2.11 bits per heavy atom. The Hall–Kier alpha value is 0.340. The molecular formula is C4H10NO2PS. The van der Waals surface area contributed by atoms with Crippen LogP contribution in [0.25, 0.3) is 0 Å². The summed E-state index contributed by atoms with van der Waals surface area (Å²) in [6, 6.07) is 0. The van der Waals surface area contributed by atoms with E-state index in [1.807, 2.05) is 0 Å². The highest BCUT2D eigenvalue weighted by Gasteiger charge is 2.29. The molecule has 0 bridgehead atoms. The van der Waals surface area contributed by atoms with Gasteiger partial charge in [-0.25, -0.2) is 12.7 Å². The lowest BCUT2D eigenvalue weighted by atomic mass is 10.3. The highest BCUT2D eigenvalue weighted by atomic mass is 32.2. The smallest absolute Gasteiger partial charge is 0.211 e. The number of nitrogens with zero attached hydrogens (tertiary/aromatic N) is 1. The molecule has 0 aliphatic carbocycles. The second-order valence-corrected chi connectivity index (χ2v) is 5.27. The summed E-state index contributed by atoms with van der Waals surface area (Å²) in [4.78, 5) is 0. The van der Waals surface area contributed by atoms with Crippen LogP contribution in [0.5, 0.6) is 0 Å². The maximum Gasteiger partial charge on any atom is 0.211 e. The van der Waals surface area contributed by atoms with Crippen LogP contribution in [0.15, 0.2) is 0 Å². The number of rotatable bonds is 1. The Bertz CT molecular complexity index is 195. The molecule has 1 aliphatic rings. The van der Waals surface area contributed by atoms with E-state index in [9.17, 15) is 8.42 Å². The Labute approximate surface area is 57.7 Å². The van der Waals surface area contributed by atoms with Gasteiger partial charge in [0.2, 0.25) is 10.0 Å². The molecule has 1 rings (SSSR count). The molecule has 0 saturated carbocycles. The minimum absolute atomic E-state index is 0.472. The Kier molecular flexibility index (Phi) is 1.81. The zero-order chi connectivity index (χ0) is 7.07.